The third-order valence-corrected chi connectivity index (χ3v) is 5.10. The molecule has 0 spiro atoms. The smallest absolute Gasteiger partial charge is 0.325 e. The van der Waals surface area contributed by atoms with Gasteiger partial charge in [-0.3, -0.25) is 5.32 Å². The van der Waals surface area contributed by atoms with Crippen LogP contribution in [0.25, 0.3) is 0 Å². The Morgan fingerprint density at radius 2 is 2.04 bits per heavy atom. The van der Waals surface area contributed by atoms with E-state index in [2.05, 4.69) is 32.7 Å². The topological polar surface area (TPSA) is 88.6 Å². The van der Waals surface area contributed by atoms with Gasteiger partial charge in [0, 0.05) is 24.8 Å². The molecule has 1 aliphatic heterocycles. The number of benzene rings is 1. The summed E-state index contributed by atoms with van der Waals surface area (Å²) in [5, 5.41) is 15.1. The first-order valence-corrected chi connectivity index (χ1v) is 9.29. The van der Waals surface area contributed by atoms with Gasteiger partial charge in [-0.15, -0.1) is 10.2 Å². The molecular formula is C17H23N5O3S. The minimum absolute atomic E-state index is 0.382. The quantitative estimate of drug-likeness (QED) is 0.830. The summed E-state index contributed by atoms with van der Waals surface area (Å²) in [6.07, 6.45) is 2.40. The zero-order valence-electron chi connectivity index (χ0n) is 15.1. The Morgan fingerprint density at radius 1 is 1.23 bits per heavy atom. The predicted octanol–water partition coefficient (Wildman–Crippen LogP) is 3.44. The van der Waals surface area contributed by atoms with Crippen molar-refractivity contribution in [1.82, 2.24) is 10.2 Å². The van der Waals surface area contributed by atoms with Crippen LogP contribution in [0.5, 0.6) is 11.5 Å². The highest BCUT2D eigenvalue weighted by molar-refractivity contribution is 7.19. The predicted molar refractivity (Wildman–Crippen MR) is 103 cm³/mol. The summed E-state index contributed by atoms with van der Waals surface area (Å²) in [6, 6.07) is 4.78. The highest BCUT2D eigenvalue weighted by Crippen LogP contribution is 2.30. The van der Waals surface area contributed by atoms with Gasteiger partial charge in [-0.1, -0.05) is 18.3 Å². The van der Waals surface area contributed by atoms with E-state index in [1.165, 1.54) is 17.8 Å². The number of carbonyl (C=O) groups is 1. The standard InChI is InChI=1S/C17H23N5O3S/c1-11-5-4-8-22(10-11)17-21-20-16(26-17)19-15(23)18-12-6-7-13(24-2)14(9-12)25-3/h6-7,9,11H,4-5,8,10H2,1-3H3,(H2,18,19,20,23)/t11-/m0/s1. The van der Waals surface area contributed by atoms with E-state index in [0.717, 1.165) is 24.6 Å². The van der Waals surface area contributed by atoms with Crippen molar-refractivity contribution in [2.75, 3.05) is 42.8 Å². The maximum atomic E-state index is 12.2. The van der Waals surface area contributed by atoms with Crippen molar-refractivity contribution in [2.45, 2.75) is 19.8 Å². The van der Waals surface area contributed by atoms with Crippen molar-refractivity contribution in [1.29, 1.82) is 0 Å². The zero-order chi connectivity index (χ0) is 18.5. The van der Waals surface area contributed by atoms with Gasteiger partial charge in [-0.25, -0.2) is 4.79 Å². The summed E-state index contributed by atoms with van der Waals surface area (Å²) in [5.74, 6) is 1.79. The largest absolute Gasteiger partial charge is 0.493 e. The van der Waals surface area contributed by atoms with Gasteiger partial charge in [0.05, 0.1) is 14.2 Å². The second kappa shape index (κ2) is 8.22. The molecule has 1 aromatic heterocycles. The number of hydrogen-bond donors (Lipinski definition) is 2. The Balaban J connectivity index is 1.60. The van der Waals surface area contributed by atoms with Crippen LogP contribution in [0.4, 0.5) is 20.7 Å². The number of anilines is 3. The number of rotatable bonds is 5. The molecule has 1 saturated heterocycles. The normalized spacial score (nSPS) is 16.9. The molecule has 0 radical (unpaired) electrons. The minimum atomic E-state index is -0.382. The second-order valence-electron chi connectivity index (χ2n) is 6.23. The van der Waals surface area contributed by atoms with E-state index >= 15 is 0 Å². The van der Waals surface area contributed by atoms with E-state index in [-0.39, 0.29) is 6.03 Å². The molecule has 2 amide bonds. The molecule has 8 nitrogen and oxygen atoms in total. The van der Waals surface area contributed by atoms with E-state index in [1.54, 1.807) is 32.4 Å². The summed E-state index contributed by atoms with van der Waals surface area (Å²) in [5.41, 5.74) is 0.592. The molecule has 140 valence electrons. The summed E-state index contributed by atoms with van der Waals surface area (Å²) in [6.45, 7) is 4.20. The molecule has 1 atom stereocenters. The number of ether oxygens (including phenoxy) is 2. The van der Waals surface area contributed by atoms with Crippen molar-refractivity contribution in [3.63, 3.8) is 0 Å². The van der Waals surface area contributed by atoms with Gasteiger partial charge in [-0.2, -0.15) is 0 Å². The first kappa shape index (κ1) is 18.2. The molecule has 9 heteroatoms. The number of hydrogen-bond acceptors (Lipinski definition) is 7. The third-order valence-electron chi connectivity index (χ3n) is 4.20. The lowest BCUT2D eigenvalue weighted by Crippen LogP contribution is -2.34. The van der Waals surface area contributed by atoms with Gasteiger partial charge in [0.1, 0.15) is 0 Å². The Hall–Kier alpha value is -2.55. The molecule has 2 aromatic rings. The van der Waals surface area contributed by atoms with Crippen LogP contribution in [0.1, 0.15) is 19.8 Å². The van der Waals surface area contributed by atoms with Gasteiger partial charge in [0.25, 0.3) is 0 Å². The number of nitrogens with one attached hydrogen (secondary N) is 2. The molecule has 2 N–H and O–H groups in total. The zero-order valence-corrected chi connectivity index (χ0v) is 15.9. The Bertz CT molecular complexity index is 767. The molecule has 26 heavy (non-hydrogen) atoms. The lowest BCUT2D eigenvalue weighted by Gasteiger charge is -2.29. The summed E-state index contributed by atoms with van der Waals surface area (Å²) >= 11 is 1.38. The van der Waals surface area contributed by atoms with Crippen molar-refractivity contribution in [3.05, 3.63) is 18.2 Å². The van der Waals surface area contributed by atoms with Gasteiger partial charge in [-0.05, 0) is 30.9 Å². The molecule has 3 rings (SSSR count). The van der Waals surface area contributed by atoms with Crippen LogP contribution >= 0.6 is 11.3 Å². The molecule has 0 unspecified atom stereocenters. The van der Waals surface area contributed by atoms with Crippen LogP contribution in [0, 0.1) is 5.92 Å². The molecular weight excluding hydrogens is 354 g/mol. The van der Waals surface area contributed by atoms with E-state index in [1.807, 2.05) is 0 Å². The van der Waals surface area contributed by atoms with Crippen LogP contribution in [-0.2, 0) is 0 Å². The Kier molecular flexibility index (Phi) is 5.77. The van der Waals surface area contributed by atoms with Gasteiger partial charge in [0.2, 0.25) is 10.3 Å². The molecule has 2 heterocycles. The maximum Gasteiger partial charge on any atom is 0.325 e. The number of nitrogens with zero attached hydrogens (tertiary/aromatic N) is 3. The minimum Gasteiger partial charge on any atom is -0.493 e. The maximum absolute atomic E-state index is 12.2. The highest BCUT2D eigenvalue weighted by atomic mass is 32.1. The second-order valence-corrected chi connectivity index (χ2v) is 7.19. The molecule has 1 aromatic carbocycles. The first-order chi connectivity index (χ1) is 12.6. The molecule has 1 fully saturated rings. The van der Waals surface area contributed by atoms with Crippen LogP contribution in [-0.4, -0.2) is 43.5 Å². The number of carbonyl (C=O) groups excluding carboxylic acids is 1. The lowest BCUT2D eigenvalue weighted by molar-refractivity contribution is 0.262. The van der Waals surface area contributed by atoms with Crippen LogP contribution in [0.3, 0.4) is 0 Å². The van der Waals surface area contributed by atoms with Crippen LogP contribution < -0.4 is 25.0 Å². The summed E-state index contributed by atoms with van der Waals surface area (Å²) in [7, 11) is 3.11. The molecule has 0 bridgehead atoms. The highest BCUT2D eigenvalue weighted by Gasteiger charge is 2.20. The van der Waals surface area contributed by atoms with Gasteiger partial charge < -0.3 is 19.7 Å². The van der Waals surface area contributed by atoms with Crippen LogP contribution in [0.15, 0.2) is 18.2 Å². The third kappa shape index (κ3) is 4.34. The van der Waals surface area contributed by atoms with Crippen molar-refractivity contribution in [3.8, 4) is 11.5 Å². The molecule has 0 aliphatic carbocycles. The number of urea groups is 1. The fourth-order valence-electron chi connectivity index (χ4n) is 2.93. The Labute approximate surface area is 156 Å². The average molecular weight is 377 g/mol. The van der Waals surface area contributed by atoms with Crippen molar-refractivity contribution < 1.29 is 14.3 Å². The SMILES string of the molecule is COc1ccc(NC(=O)Nc2nnc(N3CCC[C@H](C)C3)s2)cc1OC. The summed E-state index contributed by atoms with van der Waals surface area (Å²) in [4.78, 5) is 14.4. The fraction of sp³-hybridized carbons (Fsp3) is 0.471. The van der Waals surface area contributed by atoms with E-state index in [0.29, 0.717) is 28.2 Å². The number of methoxy groups -OCH3 is 2. The monoisotopic (exact) mass is 377 g/mol. The molecule has 0 saturated carbocycles. The van der Waals surface area contributed by atoms with Crippen molar-refractivity contribution >= 4 is 33.3 Å². The van der Waals surface area contributed by atoms with Gasteiger partial charge >= 0.3 is 6.03 Å². The van der Waals surface area contributed by atoms with E-state index in [9.17, 15) is 4.79 Å². The van der Waals surface area contributed by atoms with Gasteiger partial charge in [0.15, 0.2) is 11.5 Å². The molecule has 1 aliphatic rings. The van der Waals surface area contributed by atoms with Crippen LogP contribution in [0.2, 0.25) is 0 Å². The summed E-state index contributed by atoms with van der Waals surface area (Å²) < 4.78 is 10.4. The van der Waals surface area contributed by atoms with Crippen molar-refractivity contribution in [2.24, 2.45) is 5.92 Å². The number of amides is 2. The first-order valence-electron chi connectivity index (χ1n) is 8.47. The number of aromatic nitrogens is 2. The average Bonchev–Trinajstić information content (AvgIpc) is 3.10. The number of piperidine rings is 1. The van der Waals surface area contributed by atoms with E-state index in [4.69, 9.17) is 9.47 Å². The Morgan fingerprint density at radius 3 is 2.77 bits per heavy atom. The lowest BCUT2D eigenvalue weighted by atomic mass is 10.0. The van der Waals surface area contributed by atoms with E-state index < -0.39 is 0 Å². The fourth-order valence-corrected chi connectivity index (χ4v) is 3.71.